The number of nitrogens with zero attached hydrogens (tertiary/aromatic N) is 3. The van der Waals surface area contributed by atoms with Crippen molar-refractivity contribution in [3.8, 4) is 0 Å². The van der Waals surface area contributed by atoms with Crippen molar-refractivity contribution in [2.24, 2.45) is 0 Å². The summed E-state index contributed by atoms with van der Waals surface area (Å²) in [6.45, 7) is 2.51. The third-order valence-electron chi connectivity index (χ3n) is 3.79. The molecule has 1 saturated heterocycles. The average molecular weight is 300 g/mol. The first kappa shape index (κ1) is 14.3. The summed E-state index contributed by atoms with van der Waals surface area (Å²) in [5.74, 6) is 0.224. The fraction of sp³-hybridized carbons (Fsp3) is 0.250. The van der Waals surface area contributed by atoms with Crippen molar-refractivity contribution in [1.82, 2.24) is 9.88 Å². The molecule has 0 unspecified atom stereocenters. The van der Waals surface area contributed by atoms with Crippen LogP contribution in [0.2, 0.25) is 0 Å². The molecule has 1 fully saturated rings. The number of aromatic nitrogens is 1. The van der Waals surface area contributed by atoms with Gasteiger partial charge in [-0.05, 0) is 30.3 Å². The summed E-state index contributed by atoms with van der Waals surface area (Å²) >= 11 is 0. The van der Waals surface area contributed by atoms with Gasteiger partial charge in [-0.25, -0.2) is 9.37 Å². The van der Waals surface area contributed by atoms with E-state index < -0.39 is 5.82 Å². The van der Waals surface area contributed by atoms with Crippen LogP contribution < -0.4 is 10.6 Å². The first-order chi connectivity index (χ1) is 10.6. The number of carbonyl (C=O) groups excluding carboxylic acids is 1. The standard InChI is InChI=1S/C16H17FN4O/c17-12-4-5-14(18)13(11-12)16(22)21-9-7-20(8-10-21)15-3-1-2-6-19-15/h1-6,11H,7-10,18H2. The molecule has 0 bridgehead atoms. The lowest BCUT2D eigenvalue weighted by Gasteiger charge is -2.35. The summed E-state index contributed by atoms with van der Waals surface area (Å²) in [6, 6.07) is 9.63. The zero-order chi connectivity index (χ0) is 15.5. The number of anilines is 2. The van der Waals surface area contributed by atoms with Gasteiger partial charge in [-0.15, -0.1) is 0 Å². The van der Waals surface area contributed by atoms with Gasteiger partial charge in [0, 0.05) is 38.1 Å². The number of halogens is 1. The molecule has 1 aromatic carbocycles. The Kier molecular flexibility index (Phi) is 3.91. The van der Waals surface area contributed by atoms with Crippen LogP contribution in [-0.4, -0.2) is 42.0 Å². The van der Waals surface area contributed by atoms with E-state index in [1.165, 1.54) is 18.2 Å². The smallest absolute Gasteiger partial charge is 0.256 e. The molecule has 2 N–H and O–H groups in total. The van der Waals surface area contributed by atoms with Crippen molar-refractivity contribution in [1.29, 1.82) is 0 Å². The SMILES string of the molecule is Nc1ccc(F)cc1C(=O)N1CCN(c2ccccn2)CC1. The van der Waals surface area contributed by atoms with Gasteiger partial charge in [0.1, 0.15) is 11.6 Å². The molecule has 22 heavy (non-hydrogen) atoms. The van der Waals surface area contributed by atoms with Gasteiger partial charge >= 0.3 is 0 Å². The minimum Gasteiger partial charge on any atom is -0.398 e. The highest BCUT2D eigenvalue weighted by Crippen LogP contribution is 2.18. The van der Waals surface area contributed by atoms with Crippen LogP contribution >= 0.6 is 0 Å². The predicted molar refractivity (Wildman–Crippen MR) is 83.2 cm³/mol. The van der Waals surface area contributed by atoms with Crippen LogP contribution in [0.3, 0.4) is 0 Å². The minimum absolute atomic E-state index is 0.224. The van der Waals surface area contributed by atoms with Gasteiger partial charge < -0.3 is 15.5 Å². The molecule has 5 nitrogen and oxygen atoms in total. The normalized spacial score (nSPS) is 15.0. The van der Waals surface area contributed by atoms with E-state index in [1.807, 2.05) is 18.2 Å². The number of nitrogens with two attached hydrogens (primary N) is 1. The number of amides is 1. The van der Waals surface area contributed by atoms with Crippen LogP contribution in [0, 0.1) is 5.82 Å². The third-order valence-corrected chi connectivity index (χ3v) is 3.79. The first-order valence-corrected chi connectivity index (χ1v) is 7.15. The zero-order valence-electron chi connectivity index (χ0n) is 12.1. The predicted octanol–water partition coefficient (Wildman–Crippen LogP) is 1.77. The highest BCUT2D eigenvalue weighted by Gasteiger charge is 2.24. The lowest BCUT2D eigenvalue weighted by molar-refractivity contribution is 0.0747. The van der Waals surface area contributed by atoms with Crippen molar-refractivity contribution >= 4 is 17.4 Å². The Morgan fingerprint density at radius 1 is 1.14 bits per heavy atom. The number of hydrogen-bond donors (Lipinski definition) is 1. The maximum absolute atomic E-state index is 13.3. The molecule has 1 amide bonds. The highest BCUT2D eigenvalue weighted by atomic mass is 19.1. The molecular weight excluding hydrogens is 283 g/mol. The molecule has 0 saturated carbocycles. The number of piperazine rings is 1. The largest absolute Gasteiger partial charge is 0.398 e. The second-order valence-corrected chi connectivity index (χ2v) is 5.20. The number of rotatable bonds is 2. The Hall–Kier alpha value is -2.63. The highest BCUT2D eigenvalue weighted by molar-refractivity contribution is 5.99. The van der Waals surface area contributed by atoms with E-state index >= 15 is 0 Å². The second-order valence-electron chi connectivity index (χ2n) is 5.20. The van der Waals surface area contributed by atoms with Gasteiger partial charge in [-0.3, -0.25) is 4.79 Å². The van der Waals surface area contributed by atoms with Gasteiger partial charge in [-0.1, -0.05) is 6.07 Å². The summed E-state index contributed by atoms with van der Waals surface area (Å²) < 4.78 is 13.3. The first-order valence-electron chi connectivity index (χ1n) is 7.15. The molecule has 1 aliphatic rings. The summed E-state index contributed by atoms with van der Waals surface area (Å²) in [5.41, 5.74) is 6.31. The van der Waals surface area contributed by atoms with Crippen LogP contribution in [0.15, 0.2) is 42.6 Å². The molecule has 0 aliphatic carbocycles. The van der Waals surface area contributed by atoms with E-state index in [4.69, 9.17) is 5.73 Å². The maximum atomic E-state index is 13.3. The van der Waals surface area contributed by atoms with Gasteiger partial charge in [0.25, 0.3) is 5.91 Å². The van der Waals surface area contributed by atoms with Crippen molar-refractivity contribution < 1.29 is 9.18 Å². The zero-order valence-corrected chi connectivity index (χ0v) is 12.1. The molecule has 1 aliphatic heterocycles. The molecule has 0 radical (unpaired) electrons. The second kappa shape index (κ2) is 6.01. The topological polar surface area (TPSA) is 62.5 Å². The molecule has 3 rings (SSSR count). The van der Waals surface area contributed by atoms with Gasteiger partial charge in [0.2, 0.25) is 0 Å². The van der Waals surface area contributed by atoms with E-state index in [1.54, 1.807) is 11.1 Å². The van der Waals surface area contributed by atoms with E-state index in [0.717, 1.165) is 5.82 Å². The van der Waals surface area contributed by atoms with E-state index in [9.17, 15) is 9.18 Å². The van der Waals surface area contributed by atoms with Crippen molar-refractivity contribution in [3.63, 3.8) is 0 Å². The van der Waals surface area contributed by atoms with E-state index in [2.05, 4.69) is 9.88 Å². The van der Waals surface area contributed by atoms with Gasteiger partial charge in [-0.2, -0.15) is 0 Å². The summed E-state index contributed by atoms with van der Waals surface area (Å²) in [5, 5.41) is 0. The Balaban J connectivity index is 1.68. The summed E-state index contributed by atoms with van der Waals surface area (Å²) in [4.78, 5) is 20.6. The number of nitrogen functional groups attached to an aromatic ring is 1. The van der Waals surface area contributed by atoms with Crippen molar-refractivity contribution in [2.45, 2.75) is 0 Å². The Morgan fingerprint density at radius 2 is 1.91 bits per heavy atom. The molecule has 2 heterocycles. The third kappa shape index (κ3) is 2.86. The lowest BCUT2D eigenvalue weighted by atomic mass is 10.1. The summed E-state index contributed by atoms with van der Waals surface area (Å²) in [6.07, 6.45) is 1.75. The maximum Gasteiger partial charge on any atom is 0.256 e. The molecule has 1 aromatic heterocycles. The molecule has 0 atom stereocenters. The quantitative estimate of drug-likeness (QED) is 0.859. The van der Waals surface area contributed by atoms with E-state index in [0.29, 0.717) is 31.9 Å². The fourth-order valence-corrected chi connectivity index (χ4v) is 2.56. The average Bonchev–Trinajstić information content (AvgIpc) is 2.57. The van der Waals surface area contributed by atoms with Crippen LogP contribution in [0.5, 0.6) is 0 Å². The number of pyridine rings is 1. The fourth-order valence-electron chi connectivity index (χ4n) is 2.56. The molecule has 114 valence electrons. The monoisotopic (exact) mass is 300 g/mol. The molecule has 0 spiro atoms. The number of benzene rings is 1. The number of carbonyl (C=O) groups is 1. The van der Waals surface area contributed by atoms with Crippen LogP contribution in [-0.2, 0) is 0 Å². The Morgan fingerprint density at radius 3 is 2.59 bits per heavy atom. The molecule has 6 heteroatoms. The van der Waals surface area contributed by atoms with Crippen LogP contribution in [0.25, 0.3) is 0 Å². The van der Waals surface area contributed by atoms with Crippen molar-refractivity contribution in [2.75, 3.05) is 36.8 Å². The summed E-state index contributed by atoms with van der Waals surface area (Å²) in [7, 11) is 0. The van der Waals surface area contributed by atoms with Gasteiger partial charge in [0.05, 0.1) is 5.56 Å². The number of hydrogen-bond acceptors (Lipinski definition) is 4. The van der Waals surface area contributed by atoms with Crippen LogP contribution in [0.4, 0.5) is 15.9 Å². The molecule has 2 aromatic rings. The van der Waals surface area contributed by atoms with Gasteiger partial charge in [0.15, 0.2) is 0 Å². The van der Waals surface area contributed by atoms with Crippen LogP contribution in [0.1, 0.15) is 10.4 Å². The molecular formula is C16H17FN4O. The lowest BCUT2D eigenvalue weighted by Crippen LogP contribution is -2.49. The van der Waals surface area contributed by atoms with Crippen molar-refractivity contribution in [3.05, 3.63) is 54.0 Å². The Bertz CT molecular complexity index is 669. The Labute approximate surface area is 128 Å². The minimum atomic E-state index is -0.454. The van der Waals surface area contributed by atoms with E-state index in [-0.39, 0.29) is 11.5 Å².